The van der Waals surface area contributed by atoms with Gasteiger partial charge in [0.1, 0.15) is 23.6 Å². The van der Waals surface area contributed by atoms with Crippen LogP contribution in [0.1, 0.15) is 141 Å². The van der Waals surface area contributed by atoms with Crippen LogP contribution < -0.4 is 19.5 Å². The summed E-state index contributed by atoms with van der Waals surface area (Å²) in [7, 11) is 2.10. The number of benzene rings is 5. The van der Waals surface area contributed by atoms with E-state index in [4.69, 9.17) is 28.5 Å². The summed E-state index contributed by atoms with van der Waals surface area (Å²) in [5, 5.41) is 23.5. The molecule has 2 aliphatic heterocycles. The fourth-order valence-electron chi connectivity index (χ4n) is 11.9. The standard InChI is InChI=1S/C68H83N4O7P/c1-49(2)72(50(3)4)80(79-46-26-41-69)78-45-25-14-12-23-43-71-61-32-21-19-30-59(61)67(7,8)63(71)48-57-64(73)56(65(57)74)47-62-66(5,6)58-29-18-20-31-60(58)70(62)42-22-11-13-24-44-77-68(51-27-16-15-17-28-51,52-33-37-54(75-9)38-34-52)53-35-39-55(76-10)40-36-53/h15-21,27-40,47-50H,11-14,22-26,42-46H2,1-10H3. The van der Waals surface area contributed by atoms with Crippen molar-refractivity contribution in [2.45, 2.75) is 142 Å². The first kappa shape index (κ1) is 59.7. The lowest BCUT2D eigenvalue weighted by Crippen LogP contribution is -2.35. The highest BCUT2D eigenvalue weighted by molar-refractivity contribution is 7.44. The number of methoxy groups -OCH3 is 2. The molecule has 0 aromatic heterocycles. The number of hydrogen-bond acceptors (Lipinski definition) is 10. The number of nitrogens with zero attached hydrogens (tertiary/aromatic N) is 4. The van der Waals surface area contributed by atoms with E-state index in [1.807, 2.05) is 42.5 Å². The Labute approximate surface area is 478 Å². The van der Waals surface area contributed by atoms with Crippen LogP contribution in [-0.4, -0.2) is 80.0 Å². The first-order valence-corrected chi connectivity index (χ1v) is 29.9. The van der Waals surface area contributed by atoms with Crippen LogP contribution in [0.3, 0.4) is 0 Å². The molecule has 0 bridgehead atoms. The Balaban J connectivity index is 0.949. The molecule has 3 aliphatic rings. The number of unbranched alkanes of at least 4 members (excludes halogenated alkanes) is 6. The number of allylic oxidation sites excluding steroid dienone is 5. The van der Waals surface area contributed by atoms with Crippen molar-refractivity contribution in [2.75, 3.05) is 52.0 Å². The Morgan fingerprint density at radius 2 is 1.21 bits per heavy atom. The molecule has 422 valence electrons. The lowest BCUT2D eigenvalue weighted by Gasteiger charge is -2.36. The van der Waals surface area contributed by atoms with E-state index >= 15 is 0 Å². The van der Waals surface area contributed by atoms with Crippen LogP contribution in [-0.2, 0) is 35.0 Å². The second-order valence-electron chi connectivity index (χ2n) is 22.7. The molecule has 80 heavy (non-hydrogen) atoms. The van der Waals surface area contributed by atoms with E-state index in [0.29, 0.717) is 26.2 Å². The maximum atomic E-state index is 14.4. The molecular weight excluding hydrogens is 1020 g/mol. The van der Waals surface area contributed by atoms with Crippen molar-refractivity contribution >= 4 is 31.4 Å². The smallest absolute Gasteiger partial charge is 0.259 e. The Kier molecular flexibility index (Phi) is 20.1. The van der Waals surface area contributed by atoms with Gasteiger partial charge in [0.05, 0.1) is 45.3 Å². The number of para-hydroxylation sites is 2. The number of hydrogen-bond donors (Lipinski definition) is 0. The minimum Gasteiger partial charge on any atom is -0.871 e. The molecule has 5 aromatic rings. The van der Waals surface area contributed by atoms with E-state index in [0.717, 1.165) is 115 Å². The zero-order valence-corrected chi connectivity index (χ0v) is 49.8. The van der Waals surface area contributed by atoms with Crippen LogP contribution in [0, 0.1) is 11.3 Å². The van der Waals surface area contributed by atoms with E-state index < -0.39 is 25.0 Å². The molecule has 0 saturated heterocycles. The summed E-state index contributed by atoms with van der Waals surface area (Å²) in [5.74, 6) is 1.16. The van der Waals surface area contributed by atoms with Crippen LogP contribution in [0.25, 0.3) is 0 Å². The number of ketones is 1. The van der Waals surface area contributed by atoms with Gasteiger partial charge < -0.3 is 33.3 Å². The topological polar surface area (TPSA) is 120 Å². The molecule has 1 aliphatic carbocycles. The van der Waals surface area contributed by atoms with Crippen molar-refractivity contribution < 1.29 is 37.7 Å². The van der Waals surface area contributed by atoms with Crippen LogP contribution in [0.5, 0.6) is 11.5 Å². The van der Waals surface area contributed by atoms with Gasteiger partial charge in [-0.05, 0) is 126 Å². The van der Waals surface area contributed by atoms with Crippen molar-refractivity contribution in [1.29, 1.82) is 5.26 Å². The maximum Gasteiger partial charge on any atom is 0.259 e. The van der Waals surface area contributed by atoms with Gasteiger partial charge >= 0.3 is 0 Å². The van der Waals surface area contributed by atoms with E-state index in [1.165, 1.54) is 11.1 Å². The third-order valence-corrected chi connectivity index (χ3v) is 18.2. The summed E-state index contributed by atoms with van der Waals surface area (Å²) in [6, 6.07) is 46.3. The highest BCUT2D eigenvalue weighted by Gasteiger charge is 2.46. The second-order valence-corrected chi connectivity index (χ2v) is 24.1. The van der Waals surface area contributed by atoms with Crippen molar-refractivity contribution in [1.82, 2.24) is 4.67 Å². The summed E-state index contributed by atoms with van der Waals surface area (Å²) in [6.45, 7) is 20.4. The fraction of sp³-hybridized carbons (Fsp3) is 0.426. The SMILES string of the molecule is COc1ccc(C(OCCCCCC[N+]2=C(/C=C3\C(=O)C(/C=C4\N(CCCCCCOP(OCCC#N)N(C(C)C)C(C)C)c5ccccc5C4(C)C)=C3[O-])C(C)(C)c3ccccc32)(c2ccccc2)c2ccc(OC)cc2)cc1. The van der Waals surface area contributed by atoms with Crippen molar-refractivity contribution in [2.24, 2.45) is 0 Å². The molecule has 0 radical (unpaired) electrons. The lowest BCUT2D eigenvalue weighted by atomic mass is 9.77. The number of anilines is 1. The molecule has 0 spiro atoms. The number of ether oxygens (including phenoxy) is 3. The van der Waals surface area contributed by atoms with E-state index in [-0.39, 0.29) is 34.8 Å². The zero-order valence-electron chi connectivity index (χ0n) is 48.9. The third kappa shape index (κ3) is 12.7. The second kappa shape index (κ2) is 26.9. The maximum absolute atomic E-state index is 14.4. The molecule has 1 unspecified atom stereocenters. The Bertz CT molecular complexity index is 3020. The molecular formula is C68H83N4O7P. The van der Waals surface area contributed by atoms with Gasteiger partial charge in [-0.15, -0.1) is 0 Å². The summed E-state index contributed by atoms with van der Waals surface area (Å²) in [4.78, 5) is 16.7. The highest BCUT2D eigenvalue weighted by atomic mass is 31.2. The Hall–Kier alpha value is -6.38. The number of nitriles is 1. The van der Waals surface area contributed by atoms with Gasteiger partial charge in [0.2, 0.25) is 5.69 Å². The zero-order chi connectivity index (χ0) is 57.0. The Morgan fingerprint density at radius 3 is 1.82 bits per heavy atom. The number of carbonyl (C=O) groups excluding carboxylic acids is 1. The lowest BCUT2D eigenvalue weighted by molar-refractivity contribution is -0.438. The number of carbonyl (C=O) groups is 1. The molecule has 8 rings (SSSR count). The fourth-order valence-corrected chi connectivity index (χ4v) is 13.5. The molecule has 11 nitrogen and oxygen atoms in total. The summed E-state index contributed by atoms with van der Waals surface area (Å²) in [5.41, 5.74) is 8.40. The predicted molar refractivity (Wildman–Crippen MR) is 321 cm³/mol. The van der Waals surface area contributed by atoms with Gasteiger partial charge in [0.15, 0.2) is 11.5 Å². The van der Waals surface area contributed by atoms with Gasteiger partial charge in [-0.1, -0.05) is 130 Å². The average Bonchev–Trinajstić information content (AvgIpc) is 4.05. The molecule has 1 atom stereocenters. The molecule has 0 saturated carbocycles. The van der Waals surface area contributed by atoms with Crippen LogP contribution >= 0.6 is 8.53 Å². The monoisotopic (exact) mass is 1100 g/mol. The minimum atomic E-state index is -1.26. The number of Topliss-reactive ketones (excluding diaryl/α,β-unsaturated/α-hetero) is 1. The molecule has 0 N–H and O–H groups in total. The molecule has 5 aromatic carbocycles. The highest BCUT2D eigenvalue weighted by Crippen LogP contribution is 2.50. The summed E-state index contributed by atoms with van der Waals surface area (Å²) < 4.78 is 35.3. The normalized spacial score (nSPS) is 16.9. The molecule has 0 amide bonds. The van der Waals surface area contributed by atoms with Gasteiger partial charge in [0, 0.05) is 77.3 Å². The van der Waals surface area contributed by atoms with Crippen LogP contribution in [0.4, 0.5) is 11.4 Å². The van der Waals surface area contributed by atoms with E-state index in [9.17, 15) is 9.90 Å². The van der Waals surface area contributed by atoms with Crippen molar-refractivity contribution in [3.05, 3.63) is 190 Å². The largest absolute Gasteiger partial charge is 0.871 e. The number of rotatable bonds is 29. The van der Waals surface area contributed by atoms with Gasteiger partial charge in [-0.2, -0.15) is 9.84 Å². The Morgan fingerprint density at radius 1 is 0.662 bits per heavy atom. The number of fused-ring (bicyclic) bond motifs is 2. The van der Waals surface area contributed by atoms with Gasteiger partial charge in [0.25, 0.3) is 8.53 Å². The molecule has 2 heterocycles. The minimum absolute atomic E-state index is 0.200. The first-order chi connectivity index (χ1) is 38.6. The summed E-state index contributed by atoms with van der Waals surface area (Å²) >= 11 is 0. The van der Waals surface area contributed by atoms with Crippen molar-refractivity contribution in [3.8, 4) is 17.6 Å². The predicted octanol–water partition coefficient (Wildman–Crippen LogP) is 14.3. The third-order valence-electron chi connectivity index (χ3n) is 16.0. The first-order valence-electron chi connectivity index (χ1n) is 28.8. The van der Waals surface area contributed by atoms with E-state index in [1.54, 1.807) is 14.2 Å². The summed E-state index contributed by atoms with van der Waals surface area (Å²) in [6.07, 6.45) is 11.6. The van der Waals surface area contributed by atoms with Crippen LogP contribution in [0.15, 0.2) is 162 Å². The molecule has 12 heteroatoms. The average molecular weight is 1100 g/mol. The van der Waals surface area contributed by atoms with Crippen molar-refractivity contribution in [3.63, 3.8) is 0 Å². The van der Waals surface area contributed by atoms with Crippen LogP contribution in [0.2, 0.25) is 0 Å². The quantitative estimate of drug-likeness (QED) is 0.0150. The van der Waals surface area contributed by atoms with Gasteiger partial charge in [-0.25, -0.2) is 4.67 Å². The van der Waals surface area contributed by atoms with Gasteiger partial charge in [-0.3, -0.25) is 4.79 Å². The van der Waals surface area contributed by atoms with E-state index in [2.05, 4.69) is 173 Å². The molecule has 0 fully saturated rings.